The Bertz CT molecular complexity index is 1090. The molecule has 12 heteroatoms. The first-order valence-electron chi connectivity index (χ1n) is 9.62. The maximum Gasteiger partial charge on any atom is 0.340 e. The number of pyridine rings is 2. The lowest BCUT2D eigenvalue weighted by Crippen LogP contribution is -2.33. The maximum absolute atomic E-state index is 13.1. The number of aliphatic hydroxyl groups excluding tert-OH is 1. The number of aliphatic hydroxyl groups is 1. The third kappa shape index (κ3) is 5.69. The summed E-state index contributed by atoms with van der Waals surface area (Å²) in [5, 5.41) is 16.5. The molecule has 0 aliphatic heterocycles. The molecular weight excluding hydrogens is 434 g/mol. The Balaban J connectivity index is 1.72. The second-order valence-electron chi connectivity index (χ2n) is 7.06. The zero-order valence-electron chi connectivity index (χ0n) is 17.1. The number of halogens is 4. The monoisotopic (exact) mass is 455 g/mol. The summed E-state index contributed by atoms with van der Waals surface area (Å²) in [6.07, 6.45) is 0.660. The summed E-state index contributed by atoms with van der Waals surface area (Å²) in [7, 11) is 0. The quantitative estimate of drug-likeness (QED) is 0.454. The molecule has 2 N–H and O–H groups in total. The van der Waals surface area contributed by atoms with Crippen LogP contribution in [-0.4, -0.2) is 62.9 Å². The molecule has 0 atom stereocenters. The van der Waals surface area contributed by atoms with Crippen LogP contribution in [0, 0.1) is 6.92 Å². The van der Waals surface area contributed by atoms with Gasteiger partial charge in [-0.3, -0.25) is 19.4 Å². The third-order valence-corrected chi connectivity index (χ3v) is 4.51. The minimum absolute atomic E-state index is 0.0138. The van der Waals surface area contributed by atoms with Gasteiger partial charge in [-0.15, -0.1) is 0 Å². The molecule has 0 saturated carbocycles. The van der Waals surface area contributed by atoms with Crippen LogP contribution in [-0.2, 0) is 17.8 Å². The Kier molecular flexibility index (Phi) is 7.23. The second kappa shape index (κ2) is 9.90. The number of fused-ring (bicyclic) bond motifs is 1. The number of carbonyl (C=O) groups is 1. The van der Waals surface area contributed by atoms with Crippen LogP contribution in [0.4, 0.5) is 17.6 Å². The molecule has 3 rings (SSSR count). The zero-order valence-corrected chi connectivity index (χ0v) is 17.1. The number of alkyl halides is 4. The van der Waals surface area contributed by atoms with Crippen molar-refractivity contribution in [3.63, 3.8) is 0 Å². The minimum atomic E-state index is -4.25. The SMILES string of the molecule is Cc1cc(Cn2cc3c(CC(=O)NCCO)nccc3n2)ncc1OCC(F)(F)C(F)F. The van der Waals surface area contributed by atoms with E-state index in [4.69, 9.17) is 9.84 Å². The number of carbonyl (C=O) groups excluding carboxylic acids is 1. The normalized spacial score (nSPS) is 11.8. The van der Waals surface area contributed by atoms with Gasteiger partial charge in [0.05, 0.1) is 42.7 Å². The van der Waals surface area contributed by atoms with Gasteiger partial charge in [0.1, 0.15) is 5.75 Å². The van der Waals surface area contributed by atoms with Crippen LogP contribution < -0.4 is 10.1 Å². The van der Waals surface area contributed by atoms with Crippen LogP contribution in [0.3, 0.4) is 0 Å². The highest BCUT2D eigenvalue weighted by molar-refractivity contribution is 5.86. The Morgan fingerprint density at radius 1 is 1.34 bits per heavy atom. The predicted octanol–water partition coefficient (Wildman–Crippen LogP) is 2.11. The summed E-state index contributed by atoms with van der Waals surface area (Å²) in [6.45, 7) is 0.371. The van der Waals surface area contributed by atoms with Crippen molar-refractivity contribution in [3.8, 4) is 5.75 Å². The number of rotatable bonds is 10. The smallest absolute Gasteiger partial charge is 0.340 e. The molecule has 3 aromatic rings. The zero-order chi connectivity index (χ0) is 23.3. The highest BCUT2D eigenvalue weighted by atomic mass is 19.3. The van der Waals surface area contributed by atoms with Gasteiger partial charge in [-0.1, -0.05) is 0 Å². The standard InChI is InChI=1S/C20H21F4N5O3/c1-12-6-13(27-8-17(12)32-11-20(23,24)19(21)22)9-29-10-14-15(28-29)2-3-25-16(14)7-18(31)26-4-5-30/h2-3,6,8,10,19,30H,4-5,7,9,11H2,1H3,(H,26,31). The minimum Gasteiger partial charge on any atom is -0.485 e. The topological polar surface area (TPSA) is 102 Å². The van der Waals surface area contributed by atoms with Crippen LogP contribution in [0.15, 0.2) is 30.7 Å². The fraction of sp³-hybridized carbons (Fsp3) is 0.400. The van der Waals surface area contributed by atoms with Gasteiger partial charge in [0.25, 0.3) is 0 Å². The Hall–Kier alpha value is -3.28. The Labute approximate surface area is 180 Å². The van der Waals surface area contributed by atoms with Crippen molar-refractivity contribution in [1.82, 2.24) is 25.1 Å². The van der Waals surface area contributed by atoms with E-state index in [1.54, 1.807) is 29.9 Å². The summed E-state index contributed by atoms with van der Waals surface area (Å²) >= 11 is 0. The van der Waals surface area contributed by atoms with E-state index in [2.05, 4.69) is 20.4 Å². The number of hydrogen-bond acceptors (Lipinski definition) is 6. The summed E-state index contributed by atoms with van der Waals surface area (Å²) in [4.78, 5) is 20.3. The van der Waals surface area contributed by atoms with Gasteiger partial charge < -0.3 is 15.2 Å². The van der Waals surface area contributed by atoms with Crippen molar-refractivity contribution in [3.05, 3.63) is 47.7 Å². The fourth-order valence-electron chi connectivity index (χ4n) is 2.92. The van der Waals surface area contributed by atoms with Gasteiger partial charge in [-0.2, -0.15) is 13.9 Å². The molecule has 3 heterocycles. The highest BCUT2D eigenvalue weighted by Crippen LogP contribution is 2.26. The summed E-state index contributed by atoms with van der Waals surface area (Å²) < 4.78 is 57.1. The van der Waals surface area contributed by atoms with E-state index in [0.717, 1.165) is 0 Å². The Morgan fingerprint density at radius 2 is 2.12 bits per heavy atom. The summed E-state index contributed by atoms with van der Waals surface area (Å²) in [5.74, 6) is -4.54. The molecular formula is C20H21F4N5O3. The lowest BCUT2D eigenvalue weighted by atomic mass is 10.2. The van der Waals surface area contributed by atoms with Crippen LogP contribution in [0.25, 0.3) is 10.9 Å². The first-order chi connectivity index (χ1) is 15.2. The van der Waals surface area contributed by atoms with Gasteiger partial charge in [0, 0.05) is 24.3 Å². The van der Waals surface area contributed by atoms with Gasteiger partial charge in [0.15, 0.2) is 6.61 Å². The fourth-order valence-corrected chi connectivity index (χ4v) is 2.92. The summed E-state index contributed by atoms with van der Waals surface area (Å²) in [6, 6.07) is 3.28. The van der Waals surface area contributed by atoms with Crippen molar-refractivity contribution in [2.45, 2.75) is 32.2 Å². The van der Waals surface area contributed by atoms with Crippen LogP contribution in [0.5, 0.6) is 5.75 Å². The molecule has 3 aromatic heterocycles. The van der Waals surface area contributed by atoms with E-state index < -0.39 is 19.0 Å². The summed E-state index contributed by atoms with van der Waals surface area (Å²) in [5.41, 5.74) is 2.14. The molecule has 1 amide bonds. The second-order valence-corrected chi connectivity index (χ2v) is 7.06. The first kappa shape index (κ1) is 23.4. The van der Waals surface area contributed by atoms with Crippen molar-refractivity contribution in [2.24, 2.45) is 0 Å². The van der Waals surface area contributed by atoms with Crippen molar-refractivity contribution in [2.75, 3.05) is 19.8 Å². The van der Waals surface area contributed by atoms with Gasteiger partial charge in [0.2, 0.25) is 5.91 Å². The van der Waals surface area contributed by atoms with E-state index in [9.17, 15) is 22.4 Å². The van der Waals surface area contributed by atoms with E-state index >= 15 is 0 Å². The molecule has 0 saturated heterocycles. The molecule has 0 aromatic carbocycles. The molecule has 0 aliphatic rings. The number of ether oxygens (including phenoxy) is 1. The van der Waals surface area contributed by atoms with Gasteiger partial charge in [-0.05, 0) is 24.6 Å². The molecule has 0 spiro atoms. The number of aromatic nitrogens is 4. The molecule has 0 aliphatic carbocycles. The van der Waals surface area contributed by atoms with Crippen LogP contribution >= 0.6 is 0 Å². The van der Waals surface area contributed by atoms with Gasteiger partial charge in [-0.25, -0.2) is 8.78 Å². The van der Waals surface area contributed by atoms with Crippen molar-refractivity contribution < 1.29 is 32.2 Å². The molecule has 0 fully saturated rings. The van der Waals surface area contributed by atoms with Gasteiger partial charge >= 0.3 is 12.3 Å². The highest BCUT2D eigenvalue weighted by Gasteiger charge is 2.41. The van der Waals surface area contributed by atoms with E-state index in [1.807, 2.05) is 0 Å². The average molecular weight is 455 g/mol. The predicted molar refractivity (Wildman–Crippen MR) is 106 cm³/mol. The van der Waals surface area contributed by atoms with Crippen molar-refractivity contribution >= 4 is 16.8 Å². The van der Waals surface area contributed by atoms with Crippen molar-refractivity contribution in [1.29, 1.82) is 0 Å². The van der Waals surface area contributed by atoms with E-state index in [-0.39, 0.29) is 37.8 Å². The van der Waals surface area contributed by atoms with Crippen LogP contribution in [0.2, 0.25) is 0 Å². The lowest BCUT2D eigenvalue weighted by molar-refractivity contribution is -0.148. The number of nitrogens with zero attached hydrogens (tertiary/aromatic N) is 4. The largest absolute Gasteiger partial charge is 0.485 e. The molecule has 32 heavy (non-hydrogen) atoms. The number of amides is 1. The maximum atomic E-state index is 13.1. The van der Waals surface area contributed by atoms with Crippen LogP contribution in [0.1, 0.15) is 17.0 Å². The average Bonchev–Trinajstić information content (AvgIpc) is 3.15. The first-order valence-corrected chi connectivity index (χ1v) is 9.62. The number of aryl methyl sites for hydroxylation is 1. The Morgan fingerprint density at radius 3 is 2.81 bits per heavy atom. The van der Waals surface area contributed by atoms with E-state index in [0.29, 0.717) is 27.9 Å². The molecule has 172 valence electrons. The molecule has 0 bridgehead atoms. The molecule has 0 radical (unpaired) electrons. The van der Waals surface area contributed by atoms with E-state index in [1.165, 1.54) is 12.4 Å². The number of hydrogen-bond donors (Lipinski definition) is 2. The lowest BCUT2D eigenvalue weighted by Gasteiger charge is -2.17. The number of nitrogens with one attached hydrogen (secondary N) is 1. The molecule has 0 unspecified atom stereocenters. The molecule has 8 nitrogen and oxygen atoms in total. The third-order valence-electron chi connectivity index (χ3n) is 4.51.